The van der Waals surface area contributed by atoms with Crippen molar-refractivity contribution in [1.82, 2.24) is 15.1 Å². The molecule has 1 aliphatic heterocycles. The summed E-state index contributed by atoms with van der Waals surface area (Å²) in [5.41, 5.74) is 0.131. The molecule has 0 spiro atoms. The van der Waals surface area contributed by atoms with E-state index in [-0.39, 0.29) is 42.5 Å². The van der Waals surface area contributed by atoms with Gasteiger partial charge in [-0.1, -0.05) is 6.92 Å². The highest BCUT2D eigenvalue weighted by atomic mass is 32.2. The zero-order valence-electron chi connectivity index (χ0n) is 18.9. The Morgan fingerprint density at radius 2 is 1.53 bits per heavy atom. The number of benzene rings is 2. The molecule has 2 aromatic carbocycles. The predicted molar refractivity (Wildman–Crippen MR) is 121 cm³/mol. The first-order chi connectivity index (χ1) is 16.2. The number of sulfone groups is 1. The summed E-state index contributed by atoms with van der Waals surface area (Å²) in [6.45, 7) is 2.50. The summed E-state index contributed by atoms with van der Waals surface area (Å²) < 4.78 is 45.1. The highest BCUT2D eigenvalue weighted by Crippen LogP contribution is 2.19. The van der Waals surface area contributed by atoms with Crippen LogP contribution in [-0.2, 0) is 19.4 Å². The van der Waals surface area contributed by atoms with Crippen LogP contribution in [0.4, 0.5) is 4.39 Å². The van der Waals surface area contributed by atoms with Gasteiger partial charge in [0.2, 0.25) is 21.1 Å². The summed E-state index contributed by atoms with van der Waals surface area (Å²) in [7, 11) is -2.95. The predicted octanol–water partition coefficient (Wildman–Crippen LogP) is 1.44. The fourth-order valence-electron chi connectivity index (χ4n) is 3.54. The maximum absolute atomic E-state index is 13.4. The Balaban J connectivity index is 1.88. The highest BCUT2D eigenvalue weighted by Gasteiger charge is 2.39. The van der Waals surface area contributed by atoms with E-state index < -0.39 is 32.8 Å². The average molecular weight is 492 g/mol. The fourth-order valence-corrected chi connectivity index (χ4v) is 5.01. The van der Waals surface area contributed by atoms with Gasteiger partial charge in [-0.05, 0) is 48.5 Å². The molecule has 3 amide bonds. The largest absolute Gasteiger partial charge is 0.497 e. The molecule has 34 heavy (non-hydrogen) atoms. The van der Waals surface area contributed by atoms with E-state index in [1.165, 1.54) is 36.3 Å². The second-order valence-electron chi connectivity index (χ2n) is 7.64. The van der Waals surface area contributed by atoms with Gasteiger partial charge in [-0.2, -0.15) is 0 Å². The summed E-state index contributed by atoms with van der Waals surface area (Å²) in [4.78, 5) is 40.7. The number of piperazine rings is 1. The Labute approximate surface area is 197 Å². The molecule has 0 aliphatic carbocycles. The molecule has 1 aliphatic rings. The van der Waals surface area contributed by atoms with Crippen molar-refractivity contribution in [2.24, 2.45) is 0 Å². The Bertz CT molecular complexity index is 1140. The van der Waals surface area contributed by atoms with Crippen molar-refractivity contribution in [3.8, 4) is 5.75 Å². The van der Waals surface area contributed by atoms with Crippen LogP contribution < -0.4 is 10.1 Å². The molecular formula is C23H26FN3O6S. The Kier molecular flexibility index (Phi) is 7.87. The number of amides is 3. The minimum absolute atomic E-state index is 0.0598. The third-order valence-corrected chi connectivity index (χ3v) is 7.41. The number of nitrogens with one attached hydrogen (secondary N) is 1. The monoisotopic (exact) mass is 491 g/mol. The summed E-state index contributed by atoms with van der Waals surface area (Å²) in [5.74, 6) is -1.79. The standard InChI is InChI=1S/C23H26FN3O6S/c1-3-20(28)26-12-14-27(15-13-26)23(30)22(34(31,32)19-10-6-17(24)7-11-19)25-21(29)16-4-8-18(33-2)9-5-16/h4-11,22H,3,12-15H2,1-2H3,(H,25,29)/t22-/m1/s1. The van der Waals surface area contributed by atoms with Gasteiger partial charge in [0.05, 0.1) is 12.0 Å². The molecule has 11 heteroatoms. The molecule has 0 saturated carbocycles. The van der Waals surface area contributed by atoms with Crippen LogP contribution in [0.1, 0.15) is 23.7 Å². The molecule has 1 fully saturated rings. The van der Waals surface area contributed by atoms with E-state index in [1.54, 1.807) is 11.8 Å². The SMILES string of the molecule is CCC(=O)N1CCN(C(=O)[C@H](NC(=O)c2ccc(OC)cc2)S(=O)(=O)c2ccc(F)cc2)CC1. The molecule has 0 unspecified atom stereocenters. The third-order valence-electron chi connectivity index (χ3n) is 5.54. The maximum Gasteiger partial charge on any atom is 0.261 e. The normalized spacial score (nSPS) is 14.9. The van der Waals surface area contributed by atoms with Crippen molar-refractivity contribution in [3.05, 3.63) is 59.9 Å². The molecule has 0 aromatic heterocycles. The van der Waals surface area contributed by atoms with E-state index in [4.69, 9.17) is 4.74 Å². The van der Waals surface area contributed by atoms with Gasteiger partial charge in [-0.15, -0.1) is 0 Å². The lowest BCUT2D eigenvalue weighted by molar-refractivity contribution is -0.139. The van der Waals surface area contributed by atoms with Crippen molar-refractivity contribution in [3.63, 3.8) is 0 Å². The van der Waals surface area contributed by atoms with Crippen molar-refractivity contribution >= 4 is 27.6 Å². The number of halogens is 1. The molecule has 1 heterocycles. The molecule has 3 rings (SSSR count). The first-order valence-electron chi connectivity index (χ1n) is 10.7. The third kappa shape index (κ3) is 5.53. The van der Waals surface area contributed by atoms with Crippen LogP contribution in [0.15, 0.2) is 53.4 Å². The summed E-state index contributed by atoms with van der Waals surface area (Å²) in [6.07, 6.45) is 0.327. The molecule has 1 atom stereocenters. The molecule has 9 nitrogen and oxygen atoms in total. The van der Waals surface area contributed by atoms with Gasteiger partial charge in [0.25, 0.3) is 11.8 Å². The van der Waals surface area contributed by atoms with Crippen LogP contribution in [-0.4, -0.2) is 74.6 Å². The van der Waals surface area contributed by atoms with Gasteiger partial charge < -0.3 is 19.9 Å². The highest BCUT2D eigenvalue weighted by molar-refractivity contribution is 7.92. The summed E-state index contributed by atoms with van der Waals surface area (Å²) >= 11 is 0. The van der Waals surface area contributed by atoms with Crippen LogP contribution in [0.2, 0.25) is 0 Å². The molecule has 1 saturated heterocycles. The van der Waals surface area contributed by atoms with Crippen LogP contribution in [0.5, 0.6) is 5.75 Å². The fraction of sp³-hybridized carbons (Fsp3) is 0.348. The van der Waals surface area contributed by atoms with Gasteiger partial charge in [0, 0.05) is 38.2 Å². The average Bonchev–Trinajstić information content (AvgIpc) is 2.86. The molecule has 2 aromatic rings. The molecular weight excluding hydrogens is 465 g/mol. The Hall–Kier alpha value is -3.47. The van der Waals surface area contributed by atoms with Gasteiger partial charge in [0.1, 0.15) is 11.6 Å². The van der Waals surface area contributed by atoms with Gasteiger partial charge in [-0.3, -0.25) is 14.4 Å². The smallest absolute Gasteiger partial charge is 0.261 e. The van der Waals surface area contributed by atoms with Crippen molar-refractivity contribution < 1.29 is 31.9 Å². The number of hydrogen-bond donors (Lipinski definition) is 1. The number of methoxy groups -OCH3 is 1. The summed E-state index contributed by atoms with van der Waals surface area (Å²) in [6, 6.07) is 9.97. The van der Waals surface area contributed by atoms with Crippen molar-refractivity contribution in [1.29, 1.82) is 0 Å². The van der Waals surface area contributed by atoms with Crippen molar-refractivity contribution in [2.75, 3.05) is 33.3 Å². The second kappa shape index (κ2) is 10.6. The number of carbonyl (C=O) groups is 3. The first-order valence-corrected chi connectivity index (χ1v) is 12.2. The molecule has 182 valence electrons. The van der Waals surface area contributed by atoms with Gasteiger partial charge in [-0.25, -0.2) is 12.8 Å². The van der Waals surface area contributed by atoms with Gasteiger partial charge >= 0.3 is 0 Å². The first kappa shape index (κ1) is 25.2. The second-order valence-corrected chi connectivity index (χ2v) is 9.67. The van der Waals surface area contributed by atoms with E-state index in [0.717, 1.165) is 24.3 Å². The summed E-state index contributed by atoms with van der Waals surface area (Å²) in [5, 5.41) is 0.404. The maximum atomic E-state index is 13.4. The number of rotatable bonds is 7. The molecule has 0 bridgehead atoms. The van der Waals surface area contributed by atoms with E-state index >= 15 is 0 Å². The minimum Gasteiger partial charge on any atom is -0.497 e. The quantitative estimate of drug-likeness (QED) is 0.587. The molecule has 0 radical (unpaired) electrons. The number of hydrogen-bond acceptors (Lipinski definition) is 6. The van der Waals surface area contributed by atoms with E-state index in [1.807, 2.05) is 0 Å². The molecule has 1 N–H and O–H groups in total. The van der Waals surface area contributed by atoms with E-state index in [9.17, 15) is 27.2 Å². The van der Waals surface area contributed by atoms with Gasteiger partial charge in [0.15, 0.2) is 0 Å². The lowest BCUT2D eigenvalue weighted by Gasteiger charge is -2.36. The van der Waals surface area contributed by atoms with Crippen LogP contribution in [0, 0.1) is 5.82 Å². The number of carbonyl (C=O) groups excluding carboxylic acids is 3. The minimum atomic E-state index is -4.41. The van der Waals surface area contributed by atoms with E-state index in [0.29, 0.717) is 12.2 Å². The van der Waals surface area contributed by atoms with Crippen LogP contribution >= 0.6 is 0 Å². The number of nitrogens with zero attached hydrogens (tertiary/aromatic N) is 2. The lowest BCUT2D eigenvalue weighted by atomic mass is 10.2. The van der Waals surface area contributed by atoms with E-state index in [2.05, 4.69) is 5.32 Å². The van der Waals surface area contributed by atoms with Crippen LogP contribution in [0.25, 0.3) is 0 Å². The number of ether oxygens (including phenoxy) is 1. The Morgan fingerprint density at radius 1 is 0.971 bits per heavy atom. The zero-order valence-corrected chi connectivity index (χ0v) is 19.7. The topological polar surface area (TPSA) is 113 Å². The van der Waals surface area contributed by atoms with Crippen molar-refractivity contribution in [2.45, 2.75) is 23.6 Å². The van der Waals surface area contributed by atoms with Crippen LogP contribution in [0.3, 0.4) is 0 Å². The zero-order chi connectivity index (χ0) is 24.9. The lowest BCUT2D eigenvalue weighted by Crippen LogP contribution is -2.57. The Morgan fingerprint density at radius 3 is 2.06 bits per heavy atom.